The highest BCUT2D eigenvalue weighted by Gasteiger charge is 2.31. The van der Waals surface area contributed by atoms with Gasteiger partial charge in [0.15, 0.2) is 0 Å². The van der Waals surface area contributed by atoms with Crippen LogP contribution in [0, 0.1) is 5.41 Å². The van der Waals surface area contributed by atoms with Gasteiger partial charge >= 0.3 is 5.97 Å². The first kappa shape index (κ1) is 14.1. The van der Waals surface area contributed by atoms with E-state index in [0.717, 1.165) is 19.4 Å². The van der Waals surface area contributed by atoms with E-state index >= 15 is 0 Å². The van der Waals surface area contributed by atoms with E-state index in [9.17, 15) is 4.79 Å². The summed E-state index contributed by atoms with van der Waals surface area (Å²) in [4.78, 5) is 10.9. The highest BCUT2D eigenvalue weighted by Crippen LogP contribution is 2.34. The van der Waals surface area contributed by atoms with Crippen molar-refractivity contribution in [2.75, 3.05) is 6.54 Å². The molecule has 1 aliphatic heterocycles. The Labute approximate surface area is 115 Å². The molecule has 0 radical (unpaired) electrons. The van der Waals surface area contributed by atoms with Gasteiger partial charge < -0.3 is 10.4 Å². The topological polar surface area (TPSA) is 49.3 Å². The van der Waals surface area contributed by atoms with Crippen LogP contribution in [0.3, 0.4) is 0 Å². The summed E-state index contributed by atoms with van der Waals surface area (Å²) in [7, 11) is 0. The number of hydrogen-bond acceptors (Lipinski definition) is 2. The summed E-state index contributed by atoms with van der Waals surface area (Å²) in [6.45, 7) is 7.83. The smallest absolute Gasteiger partial charge is 0.335 e. The van der Waals surface area contributed by atoms with Gasteiger partial charge in [-0.15, -0.1) is 0 Å². The zero-order chi connectivity index (χ0) is 14.0. The summed E-state index contributed by atoms with van der Waals surface area (Å²) in [5, 5.41) is 12.5. The Kier molecular flexibility index (Phi) is 3.95. The Balaban J connectivity index is 2.13. The van der Waals surface area contributed by atoms with Crippen LogP contribution in [0.1, 0.15) is 55.5 Å². The minimum Gasteiger partial charge on any atom is -0.478 e. The minimum atomic E-state index is -0.859. The number of hydrogen-bond donors (Lipinski definition) is 2. The lowest BCUT2D eigenvalue weighted by Crippen LogP contribution is -2.30. The van der Waals surface area contributed by atoms with Gasteiger partial charge in [0, 0.05) is 12.0 Å². The lowest BCUT2D eigenvalue weighted by Gasteiger charge is -2.27. The lowest BCUT2D eigenvalue weighted by molar-refractivity contribution is 0.0697. The minimum absolute atomic E-state index is 0.307. The summed E-state index contributed by atoms with van der Waals surface area (Å²) in [6.07, 6.45) is 2.27. The van der Waals surface area contributed by atoms with Gasteiger partial charge in [-0.1, -0.05) is 32.9 Å². The van der Waals surface area contributed by atoms with Gasteiger partial charge in [-0.3, -0.25) is 0 Å². The van der Waals surface area contributed by atoms with Crippen LogP contribution in [0.5, 0.6) is 0 Å². The van der Waals surface area contributed by atoms with E-state index in [0.29, 0.717) is 22.9 Å². The zero-order valence-electron chi connectivity index (χ0n) is 11.9. The van der Waals surface area contributed by atoms with Crippen LogP contribution >= 0.6 is 0 Å². The summed E-state index contributed by atoms with van der Waals surface area (Å²) in [6, 6.07) is 7.86. The molecule has 2 rings (SSSR count). The van der Waals surface area contributed by atoms with Crippen LogP contribution in [-0.2, 0) is 0 Å². The fourth-order valence-electron chi connectivity index (χ4n) is 2.91. The third-order valence-electron chi connectivity index (χ3n) is 3.77. The van der Waals surface area contributed by atoms with Crippen molar-refractivity contribution in [2.45, 2.75) is 45.6 Å². The Morgan fingerprint density at radius 3 is 2.47 bits per heavy atom. The predicted molar refractivity (Wildman–Crippen MR) is 76.6 cm³/mol. The van der Waals surface area contributed by atoms with E-state index < -0.39 is 5.97 Å². The molecule has 3 nitrogen and oxygen atoms in total. The molecular formula is C16H23NO2. The summed E-state index contributed by atoms with van der Waals surface area (Å²) >= 11 is 0. The molecule has 0 bridgehead atoms. The van der Waals surface area contributed by atoms with Crippen molar-refractivity contribution < 1.29 is 9.90 Å². The van der Waals surface area contributed by atoms with Gasteiger partial charge in [-0.05, 0) is 42.5 Å². The lowest BCUT2D eigenvalue weighted by atomic mass is 9.81. The van der Waals surface area contributed by atoms with Crippen LogP contribution in [0.15, 0.2) is 24.3 Å². The molecule has 1 saturated heterocycles. The number of carbonyl (C=O) groups is 1. The second-order valence-electron chi connectivity index (χ2n) is 6.65. The third kappa shape index (κ3) is 3.57. The predicted octanol–water partition coefficient (Wildman–Crippen LogP) is 3.27. The maximum atomic E-state index is 10.9. The fourth-order valence-corrected chi connectivity index (χ4v) is 2.91. The fraction of sp³-hybridized carbons (Fsp3) is 0.562. The molecular weight excluding hydrogens is 238 g/mol. The molecule has 1 heterocycles. The van der Waals surface area contributed by atoms with Crippen molar-refractivity contribution in [3.8, 4) is 0 Å². The van der Waals surface area contributed by atoms with Crippen molar-refractivity contribution in [3.63, 3.8) is 0 Å². The molecule has 0 aromatic heterocycles. The van der Waals surface area contributed by atoms with Crippen molar-refractivity contribution >= 4 is 5.97 Å². The standard InChI is InChI=1S/C16H23NO2/c1-16(2,3)10-14-13(8-9-17-14)11-4-6-12(7-5-11)15(18)19/h4-7,13-14,17H,8-10H2,1-3H3,(H,18,19). The van der Waals surface area contributed by atoms with Crippen LogP contribution in [0.25, 0.3) is 0 Å². The van der Waals surface area contributed by atoms with Gasteiger partial charge in [0.2, 0.25) is 0 Å². The quantitative estimate of drug-likeness (QED) is 0.878. The number of benzene rings is 1. The maximum absolute atomic E-state index is 10.9. The van der Waals surface area contributed by atoms with Crippen LogP contribution in [-0.4, -0.2) is 23.7 Å². The van der Waals surface area contributed by atoms with E-state index in [1.807, 2.05) is 12.1 Å². The second kappa shape index (κ2) is 5.33. The van der Waals surface area contributed by atoms with Gasteiger partial charge in [-0.25, -0.2) is 4.79 Å². The first-order valence-corrected chi connectivity index (χ1v) is 6.93. The highest BCUT2D eigenvalue weighted by atomic mass is 16.4. The maximum Gasteiger partial charge on any atom is 0.335 e. The first-order chi connectivity index (χ1) is 8.87. The average Bonchev–Trinajstić information content (AvgIpc) is 2.75. The average molecular weight is 261 g/mol. The Hall–Kier alpha value is -1.35. The third-order valence-corrected chi connectivity index (χ3v) is 3.77. The number of aromatic carboxylic acids is 1. The molecule has 1 aromatic rings. The van der Waals surface area contributed by atoms with E-state index in [1.165, 1.54) is 5.56 Å². The molecule has 104 valence electrons. The Morgan fingerprint density at radius 1 is 1.32 bits per heavy atom. The van der Waals surface area contributed by atoms with Crippen LogP contribution in [0.4, 0.5) is 0 Å². The summed E-state index contributed by atoms with van der Waals surface area (Å²) < 4.78 is 0. The summed E-state index contributed by atoms with van der Waals surface area (Å²) in [5.74, 6) is -0.357. The number of rotatable bonds is 3. The van der Waals surface area contributed by atoms with Gasteiger partial charge in [-0.2, -0.15) is 0 Å². The molecule has 1 fully saturated rings. The van der Waals surface area contributed by atoms with Gasteiger partial charge in [0.1, 0.15) is 0 Å². The van der Waals surface area contributed by atoms with Crippen molar-refractivity contribution in [3.05, 3.63) is 35.4 Å². The molecule has 19 heavy (non-hydrogen) atoms. The molecule has 2 atom stereocenters. The first-order valence-electron chi connectivity index (χ1n) is 6.93. The van der Waals surface area contributed by atoms with Gasteiger partial charge in [0.25, 0.3) is 0 Å². The molecule has 0 spiro atoms. The van der Waals surface area contributed by atoms with Crippen molar-refractivity contribution in [1.29, 1.82) is 0 Å². The highest BCUT2D eigenvalue weighted by molar-refractivity contribution is 5.87. The number of carboxylic acids is 1. The van der Waals surface area contributed by atoms with E-state index in [1.54, 1.807) is 12.1 Å². The van der Waals surface area contributed by atoms with E-state index in [2.05, 4.69) is 26.1 Å². The molecule has 0 amide bonds. The Morgan fingerprint density at radius 2 is 1.95 bits per heavy atom. The molecule has 1 aliphatic rings. The number of carboxylic acid groups (broad SMARTS) is 1. The molecule has 2 unspecified atom stereocenters. The summed E-state index contributed by atoms with van der Waals surface area (Å²) in [5.41, 5.74) is 1.92. The van der Waals surface area contributed by atoms with Crippen molar-refractivity contribution in [1.82, 2.24) is 5.32 Å². The van der Waals surface area contributed by atoms with Crippen molar-refractivity contribution in [2.24, 2.45) is 5.41 Å². The zero-order valence-corrected chi connectivity index (χ0v) is 11.9. The SMILES string of the molecule is CC(C)(C)CC1NCCC1c1ccc(C(=O)O)cc1. The second-order valence-corrected chi connectivity index (χ2v) is 6.65. The normalized spacial score (nSPS) is 23.5. The molecule has 1 aromatic carbocycles. The monoisotopic (exact) mass is 261 g/mol. The molecule has 0 aliphatic carbocycles. The van der Waals surface area contributed by atoms with E-state index in [4.69, 9.17) is 5.11 Å². The van der Waals surface area contributed by atoms with Crippen LogP contribution in [0.2, 0.25) is 0 Å². The van der Waals surface area contributed by atoms with E-state index in [-0.39, 0.29) is 0 Å². The number of nitrogens with one attached hydrogen (secondary N) is 1. The molecule has 0 saturated carbocycles. The molecule has 2 N–H and O–H groups in total. The largest absolute Gasteiger partial charge is 0.478 e. The molecule has 3 heteroatoms. The van der Waals surface area contributed by atoms with Gasteiger partial charge in [0.05, 0.1) is 5.56 Å². The van der Waals surface area contributed by atoms with Crippen LogP contribution < -0.4 is 5.32 Å². The Bertz CT molecular complexity index is 445.